The fourth-order valence-electron chi connectivity index (χ4n) is 2.44. The van der Waals surface area contributed by atoms with Crippen molar-refractivity contribution < 1.29 is 0 Å². The highest BCUT2D eigenvalue weighted by atomic mass is 32.2. The van der Waals surface area contributed by atoms with Gasteiger partial charge in [0.2, 0.25) is 0 Å². The van der Waals surface area contributed by atoms with Gasteiger partial charge in [-0.15, -0.1) is 11.8 Å². The highest BCUT2D eigenvalue weighted by molar-refractivity contribution is 7.99. The van der Waals surface area contributed by atoms with Crippen LogP contribution in [0.1, 0.15) is 30.0 Å². The molecule has 1 aliphatic heterocycles. The molecule has 1 aromatic heterocycles. The predicted molar refractivity (Wildman–Crippen MR) is 74.7 cm³/mol. The average molecular weight is 259 g/mol. The molecule has 0 fully saturated rings. The van der Waals surface area contributed by atoms with Crippen molar-refractivity contribution >= 4 is 11.8 Å². The first-order valence-corrected chi connectivity index (χ1v) is 7.28. The van der Waals surface area contributed by atoms with E-state index in [1.807, 2.05) is 22.6 Å². The maximum Gasteiger partial charge on any atom is 0.0537 e. The summed E-state index contributed by atoms with van der Waals surface area (Å²) in [4.78, 5) is 1.38. The Morgan fingerprint density at radius 1 is 1.50 bits per heavy atom. The second kappa shape index (κ2) is 4.78. The van der Waals surface area contributed by atoms with Crippen LogP contribution >= 0.6 is 11.8 Å². The monoisotopic (exact) mass is 259 g/mol. The molecule has 0 spiro atoms. The molecule has 0 saturated heterocycles. The molecule has 94 valence electrons. The zero-order valence-electron chi connectivity index (χ0n) is 10.4. The molecule has 2 aromatic rings. The Labute approximate surface area is 111 Å². The molecule has 0 saturated carbocycles. The minimum atomic E-state index is 0.0430. The van der Waals surface area contributed by atoms with Gasteiger partial charge >= 0.3 is 0 Å². The number of aryl methyl sites for hydroxylation is 1. The number of thioether (sulfide) groups is 1. The lowest BCUT2D eigenvalue weighted by atomic mass is 9.91. The van der Waals surface area contributed by atoms with E-state index < -0.39 is 0 Å². The number of fused-ring (bicyclic) bond motifs is 1. The largest absolute Gasteiger partial charge is 0.323 e. The Balaban J connectivity index is 1.88. The van der Waals surface area contributed by atoms with Gasteiger partial charge in [-0.2, -0.15) is 5.10 Å². The summed E-state index contributed by atoms with van der Waals surface area (Å²) in [7, 11) is 0. The van der Waals surface area contributed by atoms with Gasteiger partial charge in [0.1, 0.15) is 0 Å². The van der Waals surface area contributed by atoms with Gasteiger partial charge < -0.3 is 5.73 Å². The molecule has 2 heterocycles. The average Bonchev–Trinajstić information content (AvgIpc) is 3.04. The zero-order chi connectivity index (χ0) is 12.5. The molecule has 1 aromatic carbocycles. The topological polar surface area (TPSA) is 43.8 Å². The van der Waals surface area contributed by atoms with E-state index in [1.54, 1.807) is 0 Å². The van der Waals surface area contributed by atoms with E-state index in [1.165, 1.54) is 10.5 Å². The number of hydrogen-bond donors (Lipinski definition) is 1. The molecule has 0 aliphatic carbocycles. The van der Waals surface area contributed by atoms with Crippen molar-refractivity contribution in [1.29, 1.82) is 0 Å². The molecule has 4 heteroatoms. The molecule has 2 unspecified atom stereocenters. The smallest absolute Gasteiger partial charge is 0.0537 e. The Morgan fingerprint density at radius 2 is 2.33 bits per heavy atom. The van der Waals surface area contributed by atoms with Crippen LogP contribution in [0.3, 0.4) is 0 Å². The normalized spacial score (nSPS) is 19.8. The van der Waals surface area contributed by atoms with Gasteiger partial charge in [0.15, 0.2) is 0 Å². The lowest BCUT2D eigenvalue weighted by molar-refractivity contribution is 0.604. The molecule has 0 amide bonds. The third-order valence-electron chi connectivity index (χ3n) is 3.53. The predicted octanol–water partition coefficient (Wildman–Crippen LogP) is 2.79. The Kier molecular flexibility index (Phi) is 3.14. The van der Waals surface area contributed by atoms with Gasteiger partial charge in [-0.25, -0.2) is 0 Å². The number of hydrogen-bond acceptors (Lipinski definition) is 3. The number of nitrogens with zero attached hydrogens (tertiary/aromatic N) is 2. The van der Waals surface area contributed by atoms with Gasteiger partial charge in [-0.3, -0.25) is 4.68 Å². The summed E-state index contributed by atoms with van der Waals surface area (Å²) in [6.45, 7) is 2.98. The van der Waals surface area contributed by atoms with Gasteiger partial charge in [0, 0.05) is 40.9 Å². The summed E-state index contributed by atoms with van der Waals surface area (Å²) >= 11 is 1.90. The summed E-state index contributed by atoms with van der Waals surface area (Å²) in [5.41, 5.74) is 8.94. The zero-order valence-corrected chi connectivity index (χ0v) is 11.2. The van der Waals surface area contributed by atoms with Crippen LogP contribution in [0.5, 0.6) is 0 Å². The molecule has 3 nitrogen and oxygen atoms in total. The van der Waals surface area contributed by atoms with Gasteiger partial charge in [-0.05, 0) is 18.6 Å². The third kappa shape index (κ3) is 1.95. The van der Waals surface area contributed by atoms with Crippen LogP contribution in [0, 0.1) is 0 Å². The van der Waals surface area contributed by atoms with Crippen molar-refractivity contribution in [2.24, 2.45) is 5.73 Å². The van der Waals surface area contributed by atoms with E-state index in [0.29, 0.717) is 5.92 Å². The molecule has 3 rings (SSSR count). The van der Waals surface area contributed by atoms with Crippen LogP contribution in [0.2, 0.25) is 0 Å². The van der Waals surface area contributed by atoms with Crippen LogP contribution in [0.15, 0.2) is 41.6 Å². The summed E-state index contributed by atoms with van der Waals surface area (Å²) in [5.74, 6) is 1.47. The van der Waals surface area contributed by atoms with Crippen LogP contribution < -0.4 is 5.73 Å². The van der Waals surface area contributed by atoms with Crippen LogP contribution in [-0.4, -0.2) is 15.5 Å². The Morgan fingerprint density at radius 3 is 3.11 bits per heavy atom. The first kappa shape index (κ1) is 11.8. The number of benzene rings is 1. The van der Waals surface area contributed by atoms with Gasteiger partial charge in [-0.1, -0.05) is 18.2 Å². The lowest BCUT2D eigenvalue weighted by Gasteiger charge is -2.18. The van der Waals surface area contributed by atoms with E-state index in [-0.39, 0.29) is 6.04 Å². The molecule has 2 N–H and O–H groups in total. The molecular formula is C14H17N3S. The quantitative estimate of drug-likeness (QED) is 0.921. The molecular weight excluding hydrogens is 242 g/mol. The minimum Gasteiger partial charge on any atom is -0.323 e. The number of aromatic nitrogens is 2. The van der Waals surface area contributed by atoms with E-state index in [9.17, 15) is 0 Å². The number of rotatable bonds is 3. The molecule has 1 aliphatic rings. The lowest BCUT2D eigenvalue weighted by Crippen LogP contribution is -2.19. The summed E-state index contributed by atoms with van der Waals surface area (Å²) in [6, 6.07) is 8.61. The first-order chi connectivity index (χ1) is 8.79. The van der Waals surface area contributed by atoms with Crippen LogP contribution in [-0.2, 0) is 6.54 Å². The van der Waals surface area contributed by atoms with E-state index in [0.717, 1.165) is 17.9 Å². The van der Waals surface area contributed by atoms with E-state index in [4.69, 9.17) is 5.73 Å². The second-order valence-corrected chi connectivity index (χ2v) is 5.67. The maximum absolute atomic E-state index is 6.42. The number of nitrogens with two attached hydrogens (primary N) is 1. The Bertz CT molecular complexity index is 549. The second-order valence-electron chi connectivity index (χ2n) is 4.61. The maximum atomic E-state index is 6.42. The van der Waals surface area contributed by atoms with Crippen molar-refractivity contribution in [2.45, 2.75) is 30.3 Å². The summed E-state index contributed by atoms with van der Waals surface area (Å²) in [5, 5.41) is 4.31. The van der Waals surface area contributed by atoms with Crippen molar-refractivity contribution in [1.82, 2.24) is 9.78 Å². The first-order valence-electron chi connectivity index (χ1n) is 6.29. The van der Waals surface area contributed by atoms with E-state index >= 15 is 0 Å². The van der Waals surface area contributed by atoms with E-state index in [2.05, 4.69) is 42.5 Å². The molecule has 2 atom stereocenters. The van der Waals surface area contributed by atoms with Crippen LogP contribution in [0.25, 0.3) is 0 Å². The van der Waals surface area contributed by atoms with Crippen LogP contribution in [0.4, 0.5) is 0 Å². The van der Waals surface area contributed by atoms with Crippen molar-refractivity contribution in [3.05, 3.63) is 47.8 Å². The summed E-state index contributed by atoms with van der Waals surface area (Å²) < 4.78 is 1.93. The third-order valence-corrected chi connectivity index (χ3v) is 4.74. The van der Waals surface area contributed by atoms with Crippen molar-refractivity contribution in [3.8, 4) is 0 Å². The van der Waals surface area contributed by atoms with Crippen molar-refractivity contribution in [2.75, 3.05) is 5.75 Å². The standard InChI is InChI=1S/C14H17N3S/c1-2-17-8-10(7-16-17)14(15)12-9-18-13-6-4-3-5-11(12)13/h3-8,12,14H,2,9,15H2,1H3. The molecule has 0 bridgehead atoms. The Hall–Kier alpha value is -1.26. The highest BCUT2D eigenvalue weighted by Gasteiger charge is 2.29. The fraction of sp³-hybridized carbons (Fsp3) is 0.357. The molecule has 18 heavy (non-hydrogen) atoms. The summed E-state index contributed by atoms with van der Waals surface area (Å²) in [6.07, 6.45) is 3.97. The highest BCUT2D eigenvalue weighted by Crippen LogP contribution is 2.44. The SMILES string of the molecule is CCn1cc(C(N)C2CSc3ccccc32)cn1. The minimum absolute atomic E-state index is 0.0430. The van der Waals surface area contributed by atoms with Gasteiger partial charge in [0.05, 0.1) is 6.20 Å². The fourth-order valence-corrected chi connectivity index (χ4v) is 3.75. The molecule has 0 radical (unpaired) electrons. The van der Waals surface area contributed by atoms with Crippen molar-refractivity contribution in [3.63, 3.8) is 0 Å². The van der Waals surface area contributed by atoms with Gasteiger partial charge in [0.25, 0.3) is 0 Å².